The van der Waals surface area contributed by atoms with Gasteiger partial charge in [-0.1, -0.05) is 30.3 Å². The first-order valence-electron chi connectivity index (χ1n) is 7.19. The van der Waals surface area contributed by atoms with Crippen molar-refractivity contribution in [3.63, 3.8) is 0 Å². The summed E-state index contributed by atoms with van der Waals surface area (Å²) in [5.41, 5.74) is 0.827. The highest BCUT2D eigenvalue weighted by Gasteiger charge is 2.45. The number of alkyl carbamates (subject to hydrolysis) is 1. The number of benzene rings is 1. The van der Waals surface area contributed by atoms with Crippen molar-refractivity contribution < 1.29 is 22.7 Å². The molecule has 0 spiro atoms. The molecule has 22 heavy (non-hydrogen) atoms. The number of piperidine rings is 1. The van der Waals surface area contributed by atoms with Crippen LogP contribution in [0.1, 0.15) is 12.0 Å². The molecule has 7 heteroatoms. The smallest absolute Gasteiger partial charge is 0.407 e. The van der Waals surface area contributed by atoms with Gasteiger partial charge in [0.2, 0.25) is 0 Å². The van der Waals surface area contributed by atoms with Crippen LogP contribution < -0.4 is 10.6 Å². The molecule has 122 valence electrons. The van der Waals surface area contributed by atoms with Crippen molar-refractivity contribution >= 4 is 6.09 Å². The second-order valence-electron chi connectivity index (χ2n) is 5.34. The van der Waals surface area contributed by atoms with Gasteiger partial charge in [-0.25, -0.2) is 4.79 Å². The molecule has 2 rings (SSSR count). The molecule has 1 fully saturated rings. The number of carbonyl (C=O) groups excluding carboxylic acids is 1. The Morgan fingerprint density at radius 1 is 1.32 bits per heavy atom. The SMILES string of the molecule is O=C(NC[C@H]1CCNC[C@@H]1C(F)(F)F)OCc1ccccc1. The number of rotatable bonds is 4. The van der Waals surface area contributed by atoms with Crippen LogP contribution in [0.15, 0.2) is 30.3 Å². The summed E-state index contributed by atoms with van der Waals surface area (Å²) in [5.74, 6) is -2.05. The van der Waals surface area contributed by atoms with E-state index in [9.17, 15) is 18.0 Å². The average molecular weight is 316 g/mol. The molecule has 1 aliphatic heterocycles. The number of ether oxygens (including phenoxy) is 1. The van der Waals surface area contributed by atoms with Gasteiger partial charge in [-0.05, 0) is 24.4 Å². The van der Waals surface area contributed by atoms with Crippen molar-refractivity contribution in [2.45, 2.75) is 19.2 Å². The Balaban J connectivity index is 1.77. The fourth-order valence-corrected chi connectivity index (χ4v) is 2.53. The quantitative estimate of drug-likeness (QED) is 0.898. The molecular weight excluding hydrogens is 297 g/mol. The van der Waals surface area contributed by atoms with Crippen LogP contribution in [0.5, 0.6) is 0 Å². The average Bonchev–Trinajstić information content (AvgIpc) is 2.51. The third-order valence-corrected chi connectivity index (χ3v) is 3.77. The van der Waals surface area contributed by atoms with Crippen molar-refractivity contribution in [3.05, 3.63) is 35.9 Å². The van der Waals surface area contributed by atoms with Crippen LogP contribution >= 0.6 is 0 Å². The summed E-state index contributed by atoms with van der Waals surface area (Å²) in [6, 6.07) is 9.09. The lowest BCUT2D eigenvalue weighted by molar-refractivity contribution is -0.191. The summed E-state index contributed by atoms with van der Waals surface area (Å²) >= 11 is 0. The zero-order valence-electron chi connectivity index (χ0n) is 12.0. The Bertz CT molecular complexity index is 479. The number of hydrogen-bond acceptors (Lipinski definition) is 3. The molecule has 1 amide bonds. The Labute approximate surface area is 127 Å². The Morgan fingerprint density at radius 3 is 2.73 bits per heavy atom. The van der Waals surface area contributed by atoms with Gasteiger partial charge in [-0.2, -0.15) is 13.2 Å². The zero-order chi connectivity index (χ0) is 16.0. The largest absolute Gasteiger partial charge is 0.445 e. The first-order valence-corrected chi connectivity index (χ1v) is 7.19. The van der Waals surface area contributed by atoms with Crippen molar-refractivity contribution in [1.29, 1.82) is 0 Å². The van der Waals surface area contributed by atoms with Crippen LogP contribution in [-0.4, -0.2) is 31.9 Å². The standard InChI is InChI=1S/C15H19F3N2O2/c16-15(17,18)13-9-19-7-6-12(13)8-20-14(21)22-10-11-4-2-1-3-5-11/h1-5,12-13,19H,6-10H2,(H,20,21)/t12-,13+/m1/s1. The van der Waals surface area contributed by atoms with Crippen molar-refractivity contribution in [3.8, 4) is 0 Å². The summed E-state index contributed by atoms with van der Waals surface area (Å²) in [7, 11) is 0. The summed E-state index contributed by atoms with van der Waals surface area (Å²) in [4.78, 5) is 11.6. The summed E-state index contributed by atoms with van der Waals surface area (Å²) < 4.78 is 43.7. The number of nitrogens with one attached hydrogen (secondary N) is 2. The minimum atomic E-state index is -4.26. The highest BCUT2D eigenvalue weighted by molar-refractivity contribution is 5.67. The molecule has 1 aromatic carbocycles. The van der Waals surface area contributed by atoms with Gasteiger partial charge >= 0.3 is 12.3 Å². The Morgan fingerprint density at radius 2 is 2.05 bits per heavy atom. The summed E-state index contributed by atoms with van der Waals surface area (Å²) in [6.45, 7) is 0.494. The van der Waals surface area contributed by atoms with Gasteiger partial charge in [0.15, 0.2) is 0 Å². The highest BCUT2D eigenvalue weighted by atomic mass is 19.4. The number of alkyl halides is 3. The van der Waals surface area contributed by atoms with Crippen LogP contribution in [0.2, 0.25) is 0 Å². The topological polar surface area (TPSA) is 50.4 Å². The first kappa shape index (κ1) is 16.6. The fourth-order valence-electron chi connectivity index (χ4n) is 2.53. The summed E-state index contributed by atoms with van der Waals surface area (Å²) in [5, 5.41) is 5.18. The van der Waals surface area contributed by atoms with E-state index in [0.29, 0.717) is 13.0 Å². The van der Waals surface area contributed by atoms with E-state index < -0.39 is 24.1 Å². The minimum Gasteiger partial charge on any atom is -0.445 e. The van der Waals surface area contributed by atoms with Crippen molar-refractivity contribution in [1.82, 2.24) is 10.6 Å². The van der Waals surface area contributed by atoms with Crippen LogP contribution in [0.25, 0.3) is 0 Å². The van der Waals surface area contributed by atoms with Gasteiger partial charge in [0.25, 0.3) is 0 Å². The normalized spacial score (nSPS) is 22.1. The molecular formula is C15H19F3N2O2. The first-order chi connectivity index (χ1) is 10.5. The molecule has 0 radical (unpaired) electrons. The van der Waals surface area contributed by atoms with Gasteiger partial charge in [0, 0.05) is 13.1 Å². The number of halogens is 3. The van der Waals surface area contributed by atoms with Crippen LogP contribution in [0, 0.1) is 11.8 Å². The summed E-state index contributed by atoms with van der Waals surface area (Å²) in [6.07, 6.45) is -4.57. The third-order valence-electron chi connectivity index (χ3n) is 3.77. The Kier molecular flexibility index (Phi) is 5.65. The van der Waals surface area contributed by atoms with E-state index in [2.05, 4.69) is 10.6 Å². The zero-order valence-corrected chi connectivity index (χ0v) is 12.0. The lowest BCUT2D eigenvalue weighted by Gasteiger charge is -2.33. The molecule has 1 aliphatic rings. The van der Waals surface area contributed by atoms with E-state index in [1.165, 1.54) is 0 Å². The molecule has 1 aromatic rings. The monoisotopic (exact) mass is 316 g/mol. The number of amides is 1. The van der Waals surface area contributed by atoms with Crippen molar-refractivity contribution in [2.24, 2.45) is 11.8 Å². The number of hydrogen-bond donors (Lipinski definition) is 2. The van der Waals surface area contributed by atoms with Gasteiger partial charge in [-0.15, -0.1) is 0 Å². The van der Waals surface area contributed by atoms with Crippen LogP contribution in [0.4, 0.5) is 18.0 Å². The predicted octanol–water partition coefficient (Wildman–Crippen LogP) is 2.70. The molecule has 4 nitrogen and oxygen atoms in total. The molecule has 1 heterocycles. The second kappa shape index (κ2) is 7.49. The molecule has 1 saturated heterocycles. The van der Waals surface area contributed by atoms with Crippen LogP contribution in [0.3, 0.4) is 0 Å². The maximum Gasteiger partial charge on any atom is 0.407 e. The molecule has 0 saturated carbocycles. The maximum absolute atomic E-state index is 12.9. The molecule has 0 bridgehead atoms. The highest BCUT2D eigenvalue weighted by Crippen LogP contribution is 2.34. The maximum atomic E-state index is 12.9. The Hall–Kier alpha value is -1.76. The van der Waals surface area contributed by atoms with Gasteiger partial charge in [0.05, 0.1) is 5.92 Å². The van der Waals surface area contributed by atoms with Gasteiger partial charge in [0.1, 0.15) is 6.61 Å². The molecule has 0 aliphatic carbocycles. The minimum absolute atomic E-state index is 0.0283. The predicted molar refractivity (Wildman–Crippen MR) is 75.2 cm³/mol. The molecule has 2 N–H and O–H groups in total. The van der Waals surface area contributed by atoms with E-state index in [1.807, 2.05) is 18.2 Å². The lowest BCUT2D eigenvalue weighted by Crippen LogP contribution is -2.48. The van der Waals surface area contributed by atoms with Gasteiger partial charge < -0.3 is 15.4 Å². The van der Waals surface area contributed by atoms with Crippen molar-refractivity contribution in [2.75, 3.05) is 19.6 Å². The second-order valence-corrected chi connectivity index (χ2v) is 5.34. The lowest BCUT2D eigenvalue weighted by atomic mass is 9.86. The number of carbonyl (C=O) groups is 1. The van der Waals surface area contributed by atoms with E-state index in [4.69, 9.17) is 4.74 Å². The van der Waals surface area contributed by atoms with Crippen LogP contribution in [-0.2, 0) is 11.3 Å². The van der Waals surface area contributed by atoms with E-state index in [-0.39, 0.29) is 19.7 Å². The molecule has 0 aromatic heterocycles. The van der Waals surface area contributed by atoms with E-state index in [1.54, 1.807) is 12.1 Å². The fraction of sp³-hybridized carbons (Fsp3) is 0.533. The molecule has 0 unspecified atom stereocenters. The third kappa shape index (κ3) is 4.91. The van der Waals surface area contributed by atoms with Gasteiger partial charge in [-0.3, -0.25) is 0 Å². The molecule has 2 atom stereocenters. The van der Waals surface area contributed by atoms with E-state index in [0.717, 1.165) is 5.56 Å². The van der Waals surface area contributed by atoms with E-state index >= 15 is 0 Å².